The summed E-state index contributed by atoms with van der Waals surface area (Å²) in [6.07, 6.45) is -1.70. The first-order chi connectivity index (χ1) is 19.6. The minimum atomic E-state index is -1.36. The number of benzene rings is 2. The van der Waals surface area contributed by atoms with Crippen LogP contribution in [0.1, 0.15) is 59.1 Å². The molecule has 2 rings (SSSR count). The summed E-state index contributed by atoms with van der Waals surface area (Å²) in [6.45, 7) is 10.6. The number of amides is 4. The first-order valence-electron chi connectivity index (χ1n) is 14.0. The van der Waals surface area contributed by atoms with Crippen LogP contribution in [-0.2, 0) is 32.1 Å². The van der Waals surface area contributed by atoms with E-state index in [2.05, 4.69) is 16.0 Å². The summed E-state index contributed by atoms with van der Waals surface area (Å²) in [5.74, 6) is -1.61. The highest BCUT2D eigenvalue weighted by Gasteiger charge is 2.32. The number of nitrogens with one attached hydrogen (secondary N) is 3. The quantitative estimate of drug-likeness (QED) is 0.227. The lowest BCUT2D eigenvalue weighted by Crippen LogP contribution is -2.59. The highest BCUT2D eigenvalue weighted by atomic mass is 16.6. The number of hydrogen-bond donors (Lipinski definition) is 5. The molecule has 0 saturated heterocycles. The van der Waals surface area contributed by atoms with Gasteiger partial charge in [0.15, 0.2) is 0 Å². The largest absolute Gasteiger partial charge is 0.489 e. The smallest absolute Gasteiger partial charge is 0.408 e. The van der Waals surface area contributed by atoms with E-state index in [-0.39, 0.29) is 18.8 Å². The average Bonchev–Trinajstić information content (AvgIpc) is 2.89. The molecule has 0 fully saturated rings. The van der Waals surface area contributed by atoms with Crippen molar-refractivity contribution in [2.75, 3.05) is 0 Å². The van der Waals surface area contributed by atoms with Crippen LogP contribution < -0.4 is 26.4 Å². The topological polar surface area (TPSA) is 169 Å². The standard InChI is InChI=1S/C31H44N4O7/c1-19(2)16-24(34-30(40)42-31(4,5)6)28(38)33-25(29(39)35-26(20(3)36)27(32)37)17-21-12-14-23(15-13-21)41-18-22-10-8-7-9-11-22/h7-15,19-20,24-26,36H,16-18H2,1-6H3,(H2,32,37)(H,33,38)(H,34,40)(H,35,39)/t20-,24+,25+,26+/m1/s1. The summed E-state index contributed by atoms with van der Waals surface area (Å²) in [7, 11) is 0. The maximum absolute atomic E-state index is 13.4. The molecule has 4 atom stereocenters. The van der Waals surface area contributed by atoms with Gasteiger partial charge in [0.25, 0.3) is 0 Å². The number of primary amides is 1. The Morgan fingerprint density at radius 3 is 1.95 bits per heavy atom. The van der Waals surface area contributed by atoms with Gasteiger partial charge in [-0.1, -0.05) is 56.3 Å². The molecule has 0 aliphatic carbocycles. The Morgan fingerprint density at radius 2 is 1.43 bits per heavy atom. The van der Waals surface area contributed by atoms with Crippen LogP contribution in [0.5, 0.6) is 5.75 Å². The van der Waals surface area contributed by atoms with Crippen molar-refractivity contribution in [1.82, 2.24) is 16.0 Å². The Morgan fingerprint density at radius 1 is 0.833 bits per heavy atom. The Kier molecular flexibility index (Phi) is 12.8. The number of nitrogens with two attached hydrogens (primary N) is 1. The molecule has 2 aromatic rings. The molecule has 0 aromatic heterocycles. The van der Waals surface area contributed by atoms with Gasteiger partial charge in [0.1, 0.15) is 36.1 Å². The van der Waals surface area contributed by atoms with Gasteiger partial charge >= 0.3 is 6.09 Å². The van der Waals surface area contributed by atoms with Crippen LogP contribution >= 0.6 is 0 Å². The Balaban J connectivity index is 2.23. The maximum Gasteiger partial charge on any atom is 0.408 e. The molecule has 42 heavy (non-hydrogen) atoms. The first-order valence-corrected chi connectivity index (χ1v) is 14.0. The number of aliphatic hydroxyl groups is 1. The lowest BCUT2D eigenvalue weighted by atomic mass is 10.0. The van der Waals surface area contributed by atoms with E-state index < -0.39 is 53.6 Å². The molecule has 0 radical (unpaired) electrons. The van der Waals surface area contributed by atoms with Crippen LogP contribution in [0.3, 0.4) is 0 Å². The molecule has 0 spiro atoms. The van der Waals surface area contributed by atoms with Crippen molar-refractivity contribution in [2.45, 2.75) is 90.8 Å². The van der Waals surface area contributed by atoms with Crippen LogP contribution in [0.15, 0.2) is 54.6 Å². The summed E-state index contributed by atoms with van der Waals surface area (Å²) in [5.41, 5.74) is 6.29. The number of ether oxygens (including phenoxy) is 2. The minimum absolute atomic E-state index is 0.0286. The third-order valence-corrected chi connectivity index (χ3v) is 6.05. The fraction of sp³-hybridized carbons (Fsp3) is 0.484. The lowest BCUT2D eigenvalue weighted by molar-refractivity contribution is -0.133. The van der Waals surface area contributed by atoms with E-state index in [0.29, 0.717) is 17.9 Å². The van der Waals surface area contributed by atoms with E-state index in [4.69, 9.17) is 15.2 Å². The molecular weight excluding hydrogens is 540 g/mol. The third-order valence-electron chi connectivity index (χ3n) is 6.05. The fourth-order valence-corrected chi connectivity index (χ4v) is 4.02. The van der Waals surface area contributed by atoms with Gasteiger partial charge in [-0.05, 0) is 63.3 Å². The molecule has 0 unspecified atom stereocenters. The van der Waals surface area contributed by atoms with Crippen molar-refractivity contribution in [1.29, 1.82) is 0 Å². The highest BCUT2D eigenvalue weighted by molar-refractivity contribution is 5.94. The van der Waals surface area contributed by atoms with Crippen LogP contribution in [0, 0.1) is 5.92 Å². The molecule has 11 nitrogen and oxygen atoms in total. The van der Waals surface area contributed by atoms with Crippen LogP contribution in [0.2, 0.25) is 0 Å². The minimum Gasteiger partial charge on any atom is -0.489 e. The molecule has 0 bridgehead atoms. The van der Waals surface area contributed by atoms with Gasteiger partial charge in [0.05, 0.1) is 6.10 Å². The number of hydrogen-bond acceptors (Lipinski definition) is 7. The Bertz CT molecular complexity index is 1180. The van der Waals surface area contributed by atoms with E-state index >= 15 is 0 Å². The second kappa shape index (κ2) is 15.8. The predicted octanol–water partition coefficient (Wildman–Crippen LogP) is 2.58. The molecule has 2 aromatic carbocycles. The molecule has 0 aliphatic rings. The number of carbonyl (C=O) groups excluding carboxylic acids is 4. The molecule has 0 saturated carbocycles. The Hall–Kier alpha value is -4.12. The highest BCUT2D eigenvalue weighted by Crippen LogP contribution is 2.16. The van der Waals surface area contributed by atoms with E-state index in [1.165, 1.54) is 6.92 Å². The zero-order chi connectivity index (χ0) is 31.4. The van der Waals surface area contributed by atoms with Gasteiger partial charge in [-0.2, -0.15) is 0 Å². The van der Waals surface area contributed by atoms with Gasteiger partial charge in [-0.15, -0.1) is 0 Å². The summed E-state index contributed by atoms with van der Waals surface area (Å²) in [4.78, 5) is 51.0. The van der Waals surface area contributed by atoms with E-state index in [0.717, 1.165) is 5.56 Å². The summed E-state index contributed by atoms with van der Waals surface area (Å²) in [5, 5.41) is 17.7. The maximum atomic E-state index is 13.4. The SMILES string of the molecule is CC(C)C[C@H](NC(=O)OC(C)(C)C)C(=O)N[C@@H](Cc1ccc(OCc2ccccc2)cc1)C(=O)N[C@H](C(N)=O)[C@@H](C)O. The van der Waals surface area contributed by atoms with Gasteiger partial charge < -0.3 is 36.3 Å². The molecule has 0 aliphatic heterocycles. The average molecular weight is 585 g/mol. The van der Waals surface area contributed by atoms with E-state index in [1.807, 2.05) is 44.2 Å². The molecular formula is C31H44N4O7. The van der Waals surface area contributed by atoms with Crippen molar-refractivity contribution in [3.63, 3.8) is 0 Å². The first kappa shape index (κ1) is 34.1. The van der Waals surface area contributed by atoms with Crippen molar-refractivity contribution in [3.8, 4) is 5.75 Å². The van der Waals surface area contributed by atoms with E-state index in [1.54, 1.807) is 45.0 Å². The molecule has 11 heteroatoms. The summed E-state index contributed by atoms with van der Waals surface area (Å²) in [6, 6.07) is 13.2. The van der Waals surface area contributed by atoms with Crippen molar-refractivity contribution < 1.29 is 33.8 Å². The van der Waals surface area contributed by atoms with Crippen molar-refractivity contribution >= 4 is 23.8 Å². The van der Waals surface area contributed by atoms with Gasteiger partial charge in [-0.3, -0.25) is 14.4 Å². The molecule has 0 heterocycles. The van der Waals surface area contributed by atoms with Crippen molar-refractivity contribution in [3.05, 3.63) is 65.7 Å². The molecule has 6 N–H and O–H groups in total. The number of carbonyl (C=O) groups is 4. The normalized spacial score (nSPS) is 14.2. The monoisotopic (exact) mass is 584 g/mol. The predicted molar refractivity (Wildman–Crippen MR) is 158 cm³/mol. The van der Waals surface area contributed by atoms with E-state index in [9.17, 15) is 24.3 Å². The van der Waals surface area contributed by atoms with Crippen molar-refractivity contribution in [2.24, 2.45) is 11.7 Å². The zero-order valence-electron chi connectivity index (χ0n) is 25.2. The van der Waals surface area contributed by atoms with Gasteiger partial charge in [-0.25, -0.2) is 4.79 Å². The number of rotatable bonds is 14. The zero-order valence-corrected chi connectivity index (χ0v) is 25.2. The molecule has 230 valence electrons. The van der Waals surface area contributed by atoms with Gasteiger partial charge in [0, 0.05) is 6.42 Å². The second-order valence-corrected chi connectivity index (χ2v) is 11.6. The van der Waals surface area contributed by atoms with Gasteiger partial charge in [0.2, 0.25) is 17.7 Å². The van der Waals surface area contributed by atoms with Crippen LogP contribution in [0.25, 0.3) is 0 Å². The Labute approximate surface area is 247 Å². The second-order valence-electron chi connectivity index (χ2n) is 11.6. The molecule has 4 amide bonds. The third kappa shape index (κ3) is 12.2. The number of aliphatic hydroxyl groups excluding tert-OH is 1. The van der Waals surface area contributed by atoms with Crippen LogP contribution in [0.4, 0.5) is 4.79 Å². The summed E-state index contributed by atoms with van der Waals surface area (Å²) >= 11 is 0. The fourth-order valence-electron chi connectivity index (χ4n) is 4.02. The summed E-state index contributed by atoms with van der Waals surface area (Å²) < 4.78 is 11.1. The number of alkyl carbamates (subject to hydrolysis) is 1. The lowest BCUT2D eigenvalue weighted by Gasteiger charge is -2.27. The van der Waals surface area contributed by atoms with Crippen LogP contribution in [-0.4, -0.2) is 58.8 Å².